The Hall–Kier alpha value is -0.890. The van der Waals surface area contributed by atoms with Gasteiger partial charge in [0.05, 0.1) is 0 Å². The van der Waals surface area contributed by atoms with Crippen molar-refractivity contribution in [1.29, 1.82) is 0 Å². The second-order valence-electron chi connectivity index (χ2n) is 5.64. The van der Waals surface area contributed by atoms with Gasteiger partial charge < -0.3 is 5.32 Å². The van der Waals surface area contributed by atoms with Crippen LogP contribution in [0.25, 0.3) is 0 Å². The number of halogens is 1. The highest BCUT2D eigenvalue weighted by Crippen LogP contribution is 2.45. The SMILES string of the molecule is CC(NC(C1CC1)C1CC1)c1cccc(F)c1. The maximum absolute atomic E-state index is 13.2. The van der Waals surface area contributed by atoms with Crippen LogP contribution in [-0.4, -0.2) is 6.04 Å². The first-order valence-corrected chi connectivity index (χ1v) is 6.75. The Kier molecular flexibility index (Phi) is 2.91. The maximum Gasteiger partial charge on any atom is 0.123 e. The van der Waals surface area contributed by atoms with Gasteiger partial charge in [-0.1, -0.05) is 12.1 Å². The highest BCUT2D eigenvalue weighted by atomic mass is 19.1. The molecule has 2 aliphatic carbocycles. The summed E-state index contributed by atoms with van der Waals surface area (Å²) < 4.78 is 13.2. The van der Waals surface area contributed by atoms with Crippen LogP contribution in [0.5, 0.6) is 0 Å². The quantitative estimate of drug-likeness (QED) is 0.818. The molecule has 0 saturated heterocycles. The molecule has 0 radical (unpaired) electrons. The predicted octanol–water partition coefficient (Wildman–Crippen LogP) is 3.66. The van der Waals surface area contributed by atoms with E-state index in [1.165, 1.54) is 31.7 Å². The molecule has 0 bridgehead atoms. The van der Waals surface area contributed by atoms with Crippen LogP contribution in [0.1, 0.15) is 44.2 Å². The standard InChI is InChI=1S/C15H20FN/c1-10(13-3-2-4-14(16)9-13)17-15(11-5-6-11)12-7-8-12/h2-4,9-12,15,17H,5-8H2,1H3. The summed E-state index contributed by atoms with van der Waals surface area (Å²) in [6.07, 6.45) is 5.52. The van der Waals surface area contributed by atoms with Crippen molar-refractivity contribution in [3.63, 3.8) is 0 Å². The molecule has 92 valence electrons. The fraction of sp³-hybridized carbons (Fsp3) is 0.600. The van der Waals surface area contributed by atoms with Gasteiger partial charge in [0.25, 0.3) is 0 Å². The molecular weight excluding hydrogens is 213 g/mol. The molecule has 0 heterocycles. The van der Waals surface area contributed by atoms with Gasteiger partial charge in [-0.3, -0.25) is 0 Å². The smallest absolute Gasteiger partial charge is 0.123 e. The van der Waals surface area contributed by atoms with Crippen LogP contribution < -0.4 is 5.32 Å². The molecule has 2 heteroatoms. The molecule has 1 aromatic rings. The Labute approximate surface area is 102 Å². The third-order valence-corrected chi connectivity index (χ3v) is 4.05. The molecule has 0 spiro atoms. The third-order valence-electron chi connectivity index (χ3n) is 4.05. The van der Waals surface area contributed by atoms with Gasteiger partial charge in [-0.2, -0.15) is 0 Å². The lowest BCUT2D eigenvalue weighted by atomic mass is 10.0. The van der Waals surface area contributed by atoms with E-state index >= 15 is 0 Å². The molecule has 2 fully saturated rings. The van der Waals surface area contributed by atoms with E-state index in [-0.39, 0.29) is 11.9 Å². The molecule has 3 rings (SSSR count). The van der Waals surface area contributed by atoms with E-state index in [1.807, 2.05) is 6.07 Å². The first-order chi connectivity index (χ1) is 8.24. The largest absolute Gasteiger partial charge is 0.307 e. The summed E-state index contributed by atoms with van der Waals surface area (Å²) in [5.41, 5.74) is 1.07. The minimum atomic E-state index is -0.134. The number of benzene rings is 1. The van der Waals surface area contributed by atoms with Crippen molar-refractivity contribution in [2.45, 2.75) is 44.7 Å². The Bertz CT molecular complexity index is 384. The van der Waals surface area contributed by atoms with E-state index in [2.05, 4.69) is 12.2 Å². The fourth-order valence-electron chi connectivity index (χ4n) is 2.73. The van der Waals surface area contributed by atoms with E-state index < -0.39 is 0 Å². The van der Waals surface area contributed by atoms with Crippen LogP contribution in [-0.2, 0) is 0 Å². The summed E-state index contributed by atoms with van der Waals surface area (Å²) in [5, 5.41) is 3.72. The van der Waals surface area contributed by atoms with Crippen molar-refractivity contribution in [3.05, 3.63) is 35.6 Å². The molecule has 0 aliphatic heterocycles. The lowest BCUT2D eigenvalue weighted by Crippen LogP contribution is -2.35. The molecule has 1 unspecified atom stereocenters. The lowest BCUT2D eigenvalue weighted by Gasteiger charge is -2.23. The second kappa shape index (κ2) is 4.41. The fourth-order valence-corrected chi connectivity index (χ4v) is 2.73. The first kappa shape index (κ1) is 11.2. The first-order valence-electron chi connectivity index (χ1n) is 6.75. The van der Waals surface area contributed by atoms with Gasteiger partial charge in [0.1, 0.15) is 5.82 Å². The van der Waals surface area contributed by atoms with E-state index in [4.69, 9.17) is 0 Å². The minimum Gasteiger partial charge on any atom is -0.307 e. The van der Waals surface area contributed by atoms with Gasteiger partial charge in [-0.25, -0.2) is 4.39 Å². The van der Waals surface area contributed by atoms with E-state index in [1.54, 1.807) is 12.1 Å². The van der Waals surface area contributed by atoms with Crippen LogP contribution in [0, 0.1) is 17.7 Å². The van der Waals surface area contributed by atoms with E-state index in [0.29, 0.717) is 6.04 Å². The second-order valence-corrected chi connectivity index (χ2v) is 5.64. The number of nitrogens with one attached hydrogen (secondary N) is 1. The van der Waals surface area contributed by atoms with Crippen molar-refractivity contribution >= 4 is 0 Å². The zero-order valence-corrected chi connectivity index (χ0v) is 10.3. The lowest BCUT2D eigenvalue weighted by molar-refractivity contribution is 0.377. The summed E-state index contributed by atoms with van der Waals surface area (Å²) in [5.74, 6) is 1.64. The van der Waals surface area contributed by atoms with Gasteiger partial charge >= 0.3 is 0 Å². The highest BCUT2D eigenvalue weighted by molar-refractivity contribution is 5.20. The normalized spacial score (nSPS) is 21.8. The third kappa shape index (κ3) is 2.68. The van der Waals surface area contributed by atoms with Crippen molar-refractivity contribution in [1.82, 2.24) is 5.32 Å². The van der Waals surface area contributed by atoms with Crippen LogP contribution in [0.15, 0.2) is 24.3 Å². The molecule has 1 nitrogen and oxygen atoms in total. The summed E-state index contributed by atoms with van der Waals surface area (Å²) >= 11 is 0. The monoisotopic (exact) mass is 233 g/mol. The van der Waals surface area contributed by atoms with E-state index in [0.717, 1.165) is 17.4 Å². The number of hydrogen-bond donors (Lipinski definition) is 1. The molecule has 1 aromatic carbocycles. The van der Waals surface area contributed by atoms with Crippen molar-refractivity contribution in [2.24, 2.45) is 11.8 Å². The molecule has 17 heavy (non-hydrogen) atoms. The molecule has 1 N–H and O–H groups in total. The molecular formula is C15H20FN. The zero-order chi connectivity index (χ0) is 11.8. The number of rotatable bonds is 5. The minimum absolute atomic E-state index is 0.134. The Balaban J connectivity index is 1.66. The Morgan fingerprint density at radius 3 is 2.35 bits per heavy atom. The molecule has 0 aromatic heterocycles. The molecule has 1 atom stereocenters. The highest BCUT2D eigenvalue weighted by Gasteiger charge is 2.41. The van der Waals surface area contributed by atoms with Gasteiger partial charge in [0.2, 0.25) is 0 Å². The molecule has 0 amide bonds. The summed E-state index contributed by atoms with van der Waals surface area (Å²) in [7, 11) is 0. The maximum atomic E-state index is 13.2. The van der Waals surface area contributed by atoms with Crippen molar-refractivity contribution < 1.29 is 4.39 Å². The molecule has 2 saturated carbocycles. The van der Waals surface area contributed by atoms with Crippen LogP contribution in [0.3, 0.4) is 0 Å². The number of hydrogen-bond acceptors (Lipinski definition) is 1. The average molecular weight is 233 g/mol. The summed E-state index contributed by atoms with van der Waals surface area (Å²) in [6.45, 7) is 2.15. The van der Waals surface area contributed by atoms with Gasteiger partial charge in [-0.05, 0) is 62.1 Å². The molecule has 2 aliphatic rings. The zero-order valence-electron chi connectivity index (χ0n) is 10.3. The topological polar surface area (TPSA) is 12.0 Å². The van der Waals surface area contributed by atoms with Crippen LogP contribution >= 0.6 is 0 Å². The van der Waals surface area contributed by atoms with Gasteiger partial charge in [0.15, 0.2) is 0 Å². The van der Waals surface area contributed by atoms with E-state index in [9.17, 15) is 4.39 Å². The predicted molar refractivity (Wildman–Crippen MR) is 67.2 cm³/mol. The van der Waals surface area contributed by atoms with Crippen LogP contribution in [0.4, 0.5) is 4.39 Å². The summed E-state index contributed by atoms with van der Waals surface area (Å²) in [6, 6.07) is 7.90. The summed E-state index contributed by atoms with van der Waals surface area (Å²) in [4.78, 5) is 0. The van der Waals surface area contributed by atoms with Gasteiger partial charge in [-0.15, -0.1) is 0 Å². The van der Waals surface area contributed by atoms with Crippen molar-refractivity contribution in [2.75, 3.05) is 0 Å². The Morgan fingerprint density at radius 1 is 1.18 bits per heavy atom. The van der Waals surface area contributed by atoms with Crippen molar-refractivity contribution in [3.8, 4) is 0 Å². The average Bonchev–Trinajstić information content (AvgIpc) is 3.16. The van der Waals surface area contributed by atoms with Gasteiger partial charge in [0, 0.05) is 12.1 Å². The Morgan fingerprint density at radius 2 is 1.82 bits per heavy atom. The van der Waals surface area contributed by atoms with Crippen LogP contribution in [0.2, 0.25) is 0 Å².